The predicted molar refractivity (Wildman–Crippen MR) is 77.5 cm³/mol. The molecule has 0 saturated carbocycles. The second kappa shape index (κ2) is 6.32. The summed E-state index contributed by atoms with van der Waals surface area (Å²) in [6.45, 7) is 0.683. The topological polar surface area (TPSA) is 55.1 Å². The number of thiocarbonyl (C=S) groups is 1. The summed E-state index contributed by atoms with van der Waals surface area (Å²) >= 11 is 8.30. The van der Waals surface area contributed by atoms with E-state index in [4.69, 9.17) is 18.0 Å². The van der Waals surface area contributed by atoms with Gasteiger partial charge in [0.05, 0.1) is 0 Å². The SMILES string of the molecule is CS(=O)CCNc1ccc(C(N)=S)c(Br)c1. The van der Waals surface area contributed by atoms with Crippen LogP contribution in [0.4, 0.5) is 5.69 Å². The average molecular weight is 321 g/mol. The van der Waals surface area contributed by atoms with Crippen molar-refractivity contribution in [1.29, 1.82) is 0 Å². The van der Waals surface area contributed by atoms with Crippen LogP contribution in [0.25, 0.3) is 0 Å². The third-order valence-electron chi connectivity index (χ3n) is 1.95. The van der Waals surface area contributed by atoms with Crippen LogP contribution in [-0.4, -0.2) is 27.8 Å². The number of benzene rings is 1. The van der Waals surface area contributed by atoms with Gasteiger partial charge >= 0.3 is 0 Å². The molecule has 0 aliphatic carbocycles. The van der Waals surface area contributed by atoms with Gasteiger partial charge in [0.25, 0.3) is 0 Å². The van der Waals surface area contributed by atoms with E-state index in [1.165, 1.54) is 0 Å². The smallest absolute Gasteiger partial charge is 0.105 e. The number of hydrogen-bond acceptors (Lipinski definition) is 3. The summed E-state index contributed by atoms with van der Waals surface area (Å²) in [5.74, 6) is 0.634. The van der Waals surface area contributed by atoms with Crippen molar-refractivity contribution >= 4 is 49.6 Å². The van der Waals surface area contributed by atoms with Crippen molar-refractivity contribution in [2.24, 2.45) is 5.73 Å². The lowest BCUT2D eigenvalue weighted by molar-refractivity contribution is 0.687. The quantitative estimate of drug-likeness (QED) is 0.813. The maximum atomic E-state index is 10.9. The van der Waals surface area contributed by atoms with Gasteiger partial charge in [-0.25, -0.2) is 0 Å². The van der Waals surface area contributed by atoms with Gasteiger partial charge in [0.15, 0.2) is 0 Å². The lowest BCUT2D eigenvalue weighted by atomic mass is 10.2. The molecule has 0 radical (unpaired) electrons. The maximum absolute atomic E-state index is 10.9. The number of anilines is 1. The van der Waals surface area contributed by atoms with E-state index >= 15 is 0 Å². The molecule has 1 atom stereocenters. The normalized spacial score (nSPS) is 12.1. The molecule has 3 nitrogen and oxygen atoms in total. The van der Waals surface area contributed by atoms with E-state index in [-0.39, 0.29) is 0 Å². The first-order chi connectivity index (χ1) is 7.50. The Hall–Kier alpha value is -0.460. The largest absolute Gasteiger partial charge is 0.389 e. The number of nitrogens with one attached hydrogen (secondary N) is 1. The standard InChI is InChI=1S/C10H13BrN2OS2/c1-16(14)5-4-13-7-2-3-8(10(12)15)9(11)6-7/h2-3,6,13H,4-5H2,1H3,(H2,12,15). The highest BCUT2D eigenvalue weighted by Crippen LogP contribution is 2.21. The molecule has 1 rings (SSSR count). The van der Waals surface area contributed by atoms with Gasteiger partial charge in [-0.2, -0.15) is 0 Å². The predicted octanol–water partition coefficient (Wildman–Crippen LogP) is 1.87. The van der Waals surface area contributed by atoms with E-state index in [2.05, 4.69) is 21.2 Å². The van der Waals surface area contributed by atoms with Gasteiger partial charge in [0.1, 0.15) is 4.99 Å². The molecule has 6 heteroatoms. The minimum absolute atomic E-state index is 0.369. The van der Waals surface area contributed by atoms with Gasteiger partial charge < -0.3 is 11.1 Å². The first-order valence-electron chi connectivity index (χ1n) is 4.64. The van der Waals surface area contributed by atoms with Crippen molar-refractivity contribution in [2.75, 3.05) is 23.9 Å². The Bertz CT molecular complexity index is 423. The van der Waals surface area contributed by atoms with Crippen molar-refractivity contribution in [2.45, 2.75) is 0 Å². The first-order valence-corrected chi connectivity index (χ1v) is 7.57. The lowest BCUT2D eigenvalue weighted by Crippen LogP contribution is -2.12. The fraction of sp³-hybridized carbons (Fsp3) is 0.300. The molecule has 1 aromatic rings. The highest BCUT2D eigenvalue weighted by molar-refractivity contribution is 9.10. The van der Waals surface area contributed by atoms with Crippen molar-refractivity contribution in [3.8, 4) is 0 Å². The highest BCUT2D eigenvalue weighted by Gasteiger charge is 2.03. The van der Waals surface area contributed by atoms with Crippen molar-refractivity contribution in [3.05, 3.63) is 28.2 Å². The fourth-order valence-electron chi connectivity index (χ4n) is 1.16. The molecule has 16 heavy (non-hydrogen) atoms. The Morgan fingerprint density at radius 2 is 2.31 bits per heavy atom. The summed E-state index contributed by atoms with van der Waals surface area (Å²) in [4.78, 5) is 0.369. The maximum Gasteiger partial charge on any atom is 0.105 e. The monoisotopic (exact) mass is 320 g/mol. The van der Waals surface area contributed by atoms with Crippen LogP contribution in [0.1, 0.15) is 5.56 Å². The molecule has 1 aromatic carbocycles. The molecule has 0 aromatic heterocycles. The van der Waals surface area contributed by atoms with Crippen LogP contribution in [0.3, 0.4) is 0 Å². The molecule has 0 spiro atoms. The Kier molecular flexibility index (Phi) is 5.37. The lowest BCUT2D eigenvalue weighted by Gasteiger charge is -2.08. The summed E-state index contributed by atoms with van der Waals surface area (Å²) < 4.78 is 11.7. The van der Waals surface area contributed by atoms with Crippen LogP contribution in [0.2, 0.25) is 0 Å². The molecule has 3 N–H and O–H groups in total. The van der Waals surface area contributed by atoms with Gasteiger partial charge in [0, 0.05) is 45.1 Å². The molecule has 0 bridgehead atoms. The molecule has 0 fully saturated rings. The third kappa shape index (κ3) is 4.19. The number of rotatable bonds is 5. The average Bonchev–Trinajstić information content (AvgIpc) is 2.16. The van der Waals surface area contributed by atoms with Gasteiger partial charge in [-0.05, 0) is 34.1 Å². The van der Waals surface area contributed by atoms with Gasteiger partial charge in [-0.3, -0.25) is 4.21 Å². The number of halogens is 1. The van der Waals surface area contributed by atoms with E-state index in [0.717, 1.165) is 15.7 Å². The van der Waals surface area contributed by atoms with E-state index in [9.17, 15) is 4.21 Å². The minimum Gasteiger partial charge on any atom is -0.389 e. The summed E-state index contributed by atoms with van der Waals surface area (Å²) in [6, 6.07) is 5.67. The molecule has 0 heterocycles. The molecule has 1 unspecified atom stereocenters. The van der Waals surface area contributed by atoms with Crippen molar-refractivity contribution in [1.82, 2.24) is 0 Å². The Morgan fingerprint density at radius 1 is 1.62 bits per heavy atom. The Labute approximate surface area is 111 Å². The summed E-state index contributed by atoms with van der Waals surface area (Å²) in [6.07, 6.45) is 1.69. The van der Waals surface area contributed by atoms with Crippen LogP contribution in [0.15, 0.2) is 22.7 Å². The Morgan fingerprint density at radius 3 is 2.81 bits per heavy atom. The van der Waals surface area contributed by atoms with Gasteiger partial charge in [-0.1, -0.05) is 12.2 Å². The summed E-state index contributed by atoms with van der Waals surface area (Å²) in [7, 11) is -0.771. The van der Waals surface area contributed by atoms with Crippen LogP contribution in [0, 0.1) is 0 Å². The van der Waals surface area contributed by atoms with Crippen LogP contribution in [0.5, 0.6) is 0 Å². The third-order valence-corrected chi connectivity index (χ3v) is 3.61. The second-order valence-electron chi connectivity index (χ2n) is 3.26. The summed E-state index contributed by atoms with van der Waals surface area (Å²) in [5, 5.41) is 3.18. The molecular formula is C10H13BrN2OS2. The van der Waals surface area contributed by atoms with E-state index < -0.39 is 10.8 Å². The van der Waals surface area contributed by atoms with Crippen molar-refractivity contribution < 1.29 is 4.21 Å². The molecule has 0 saturated heterocycles. The van der Waals surface area contributed by atoms with Gasteiger partial charge in [-0.15, -0.1) is 0 Å². The van der Waals surface area contributed by atoms with Crippen molar-refractivity contribution in [3.63, 3.8) is 0 Å². The number of hydrogen-bond donors (Lipinski definition) is 2. The second-order valence-corrected chi connectivity index (χ2v) is 6.11. The molecular weight excluding hydrogens is 308 g/mol. The zero-order chi connectivity index (χ0) is 12.1. The minimum atomic E-state index is -0.771. The zero-order valence-corrected chi connectivity index (χ0v) is 12.0. The van der Waals surface area contributed by atoms with Crippen LogP contribution >= 0.6 is 28.1 Å². The van der Waals surface area contributed by atoms with Gasteiger partial charge in [0.2, 0.25) is 0 Å². The molecule has 0 amide bonds. The number of nitrogens with two attached hydrogens (primary N) is 1. The fourth-order valence-corrected chi connectivity index (χ4v) is 2.46. The highest BCUT2D eigenvalue weighted by atomic mass is 79.9. The Balaban J connectivity index is 2.66. The summed E-state index contributed by atoms with van der Waals surface area (Å²) in [5.41, 5.74) is 7.32. The molecule has 0 aliphatic rings. The first kappa shape index (κ1) is 13.6. The van der Waals surface area contributed by atoms with E-state index in [1.54, 1.807) is 6.26 Å². The van der Waals surface area contributed by atoms with E-state index in [0.29, 0.717) is 17.3 Å². The molecule has 88 valence electrons. The zero-order valence-electron chi connectivity index (χ0n) is 8.83. The van der Waals surface area contributed by atoms with E-state index in [1.807, 2.05) is 18.2 Å². The van der Waals surface area contributed by atoms with Crippen LogP contribution < -0.4 is 11.1 Å². The molecule has 0 aliphatic heterocycles. The van der Waals surface area contributed by atoms with Crippen LogP contribution in [-0.2, 0) is 10.8 Å².